The molecule has 8 atom stereocenters. The molecule has 4 rings (SSSR count). The second kappa shape index (κ2) is 8.95. The summed E-state index contributed by atoms with van der Waals surface area (Å²) in [4.78, 5) is 11.5. The summed E-state index contributed by atoms with van der Waals surface area (Å²) in [7, 11) is 0. The van der Waals surface area contributed by atoms with E-state index in [1.807, 2.05) is 0 Å². The zero-order valence-electron chi connectivity index (χ0n) is 21.7. The van der Waals surface area contributed by atoms with Crippen molar-refractivity contribution in [1.29, 1.82) is 0 Å². The summed E-state index contributed by atoms with van der Waals surface area (Å²) in [6.07, 6.45) is 15.4. The van der Waals surface area contributed by atoms with Gasteiger partial charge in [-0.3, -0.25) is 4.79 Å². The zero-order chi connectivity index (χ0) is 23.3. The summed E-state index contributed by atoms with van der Waals surface area (Å²) >= 11 is 0. The molecule has 32 heavy (non-hydrogen) atoms. The van der Waals surface area contributed by atoms with Crippen LogP contribution in [0.3, 0.4) is 0 Å². The first-order valence-electron chi connectivity index (χ1n) is 13.6. The number of esters is 1. The first-order chi connectivity index (χ1) is 15.1. The van der Waals surface area contributed by atoms with Gasteiger partial charge in [-0.05, 0) is 104 Å². The van der Waals surface area contributed by atoms with Crippen LogP contribution in [0.2, 0.25) is 0 Å². The van der Waals surface area contributed by atoms with Gasteiger partial charge in [0.25, 0.3) is 0 Å². The van der Waals surface area contributed by atoms with E-state index in [2.05, 4.69) is 47.3 Å². The van der Waals surface area contributed by atoms with Gasteiger partial charge in [-0.2, -0.15) is 0 Å². The number of rotatable bonds is 6. The second-order valence-corrected chi connectivity index (χ2v) is 12.8. The van der Waals surface area contributed by atoms with Crippen LogP contribution in [0, 0.1) is 46.3 Å². The van der Waals surface area contributed by atoms with Crippen molar-refractivity contribution in [3.05, 3.63) is 23.8 Å². The Morgan fingerprint density at radius 3 is 2.56 bits per heavy atom. The Hall–Kier alpha value is -1.05. The van der Waals surface area contributed by atoms with Crippen LogP contribution < -0.4 is 0 Å². The highest BCUT2D eigenvalue weighted by Crippen LogP contribution is 2.67. The van der Waals surface area contributed by atoms with Crippen LogP contribution >= 0.6 is 0 Å². The van der Waals surface area contributed by atoms with Crippen molar-refractivity contribution in [3.63, 3.8) is 0 Å². The van der Waals surface area contributed by atoms with Crippen molar-refractivity contribution in [3.8, 4) is 0 Å². The van der Waals surface area contributed by atoms with E-state index in [-0.39, 0.29) is 12.1 Å². The third kappa shape index (κ3) is 4.14. The summed E-state index contributed by atoms with van der Waals surface area (Å²) in [5.74, 6) is 4.76. The van der Waals surface area contributed by atoms with Crippen molar-refractivity contribution in [2.45, 2.75) is 112 Å². The van der Waals surface area contributed by atoms with E-state index >= 15 is 0 Å². The van der Waals surface area contributed by atoms with Crippen molar-refractivity contribution < 1.29 is 9.53 Å². The lowest BCUT2D eigenvalue weighted by atomic mass is 9.47. The van der Waals surface area contributed by atoms with E-state index in [0.717, 1.165) is 42.4 Å². The second-order valence-electron chi connectivity index (χ2n) is 12.8. The van der Waals surface area contributed by atoms with Crippen molar-refractivity contribution >= 4 is 5.97 Å². The van der Waals surface area contributed by atoms with Gasteiger partial charge in [-0.1, -0.05) is 58.4 Å². The Morgan fingerprint density at radius 1 is 1.12 bits per heavy atom. The average molecular weight is 441 g/mol. The minimum absolute atomic E-state index is 0.106. The van der Waals surface area contributed by atoms with Crippen molar-refractivity contribution in [1.82, 2.24) is 0 Å². The van der Waals surface area contributed by atoms with Gasteiger partial charge in [0.05, 0.1) is 0 Å². The molecule has 0 aromatic heterocycles. The van der Waals surface area contributed by atoms with Crippen LogP contribution in [0.4, 0.5) is 0 Å². The lowest BCUT2D eigenvalue weighted by Crippen LogP contribution is -2.51. The third-order valence-electron chi connectivity index (χ3n) is 10.9. The molecule has 0 radical (unpaired) electrons. The Morgan fingerprint density at radius 2 is 1.88 bits per heavy atom. The van der Waals surface area contributed by atoms with E-state index in [4.69, 9.17) is 4.74 Å². The van der Waals surface area contributed by atoms with E-state index in [1.54, 1.807) is 12.5 Å². The fraction of sp³-hybridized carbons (Fsp3) is 0.833. The minimum atomic E-state index is -0.121. The number of hydrogen-bond acceptors (Lipinski definition) is 2. The molecule has 4 aliphatic rings. The Kier molecular flexibility index (Phi) is 6.74. The molecule has 0 spiro atoms. The van der Waals surface area contributed by atoms with Gasteiger partial charge in [0.15, 0.2) is 0 Å². The molecule has 0 aromatic carbocycles. The largest absolute Gasteiger partial charge is 0.462 e. The molecular formula is C30H48O2. The standard InChI is InChI=1S/C30H48O2/c1-19(2)20(3)8-9-21(4)26-12-13-27-25-11-10-23-18-24(32-22(5)31)14-16-29(23,6)28(25)15-17-30(26,27)7/h10,19,21,24-28H,3,8-9,11-18H2,1-2,4-7H3/t21-,24+,25?,26-,27?,28?,29+,30-/m1/s1. The molecule has 3 fully saturated rings. The summed E-state index contributed by atoms with van der Waals surface area (Å²) in [5, 5.41) is 0. The average Bonchev–Trinajstić information content (AvgIpc) is 3.08. The molecule has 2 nitrogen and oxygen atoms in total. The SMILES string of the molecule is C=C(CC[C@@H](C)[C@H]1CCC2C3CC=C4C[C@@H](OC(C)=O)CC[C@]4(C)C3CC[C@@]21C)C(C)C. The van der Waals surface area contributed by atoms with E-state index in [1.165, 1.54) is 56.9 Å². The molecule has 3 saturated carbocycles. The molecule has 2 heteroatoms. The molecular weight excluding hydrogens is 392 g/mol. The minimum Gasteiger partial charge on any atom is -0.462 e. The number of carbonyl (C=O) groups is 1. The van der Waals surface area contributed by atoms with Gasteiger partial charge in [0.2, 0.25) is 0 Å². The fourth-order valence-corrected chi connectivity index (χ4v) is 8.84. The smallest absolute Gasteiger partial charge is 0.302 e. The Bertz CT molecular complexity index is 763. The molecule has 0 aliphatic heterocycles. The molecule has 0 N–H and O–H groups in total. The maximum atomic E-state index is 11.5. The predicted octanol–water partition coefficient (Wildman–Crippen LogP) is 8.13. The third-order valence-corrected chi connectivity index (χ3v) is 10.9. The monoisotopic (exact) mass is 440 g/mol. The normalized spacial score (nSPS) is 41.8. The highest BCUT2D eigenvalue weighted by Gasteiger charge is 2.59. The van der Waals surface area contributed by atoms with Gasteiger partial charge >= 0.3 is 5.97 Å². The first kappa shape index (κ1) is 24.1. The lowest BCUT2D eigenvalue weighted by molar-refractivity contribution is -0.148. The van der Waals surface area contributed by atoms with Gasteiger partial charge < -0.3 is 4.74 Å². The number of ether oxygens (including phenoxy) is 1. The van der Waals surface area contributed by atoms with Gasteiger partial charge in [-0.25, -0.2) is 0 Å². The highest BCUT2D eigenvalue weighted by atomic mass is 16.5. The summed E-state index contributed by atoms with van der Waals surface area (Å²) in [5.41, 5.74) is 3.90. The van der Waals surface area contributed by atoms with Crippen LogP contribution in [0.1, 0.15) is 106 Å². The summed E-state index contributed by atoms with van der Waals surface area (Å²) < 4.78 is 5.62. The molecule has 3 unspecified atom stereocenters. The summed E-state index contributed by atoms with van der Waals surface area (Å²) in [6.45, 7) is 18.2. The predicted molar refractivity (Wildman–Crippen MR) is 133 cm³/mol. The first-order valence-corrected chi connectivity index (χ1v) is 13.6. The molecule has 0 bridgehead atoms. The highest BCUT2D eigenvalue weighted by molar-refractivity contribution is 5.66. The van der Waals surface area contributed by atoms with E-state index in [0.29, 0.717) is 16.7 Å². The zero-order valence-corrected chi connectivity index (χ0v) is 21.7. The van der Waals surface area contributed by atoms with Gasteiger partial charge in [-0.15, -0.1) is 0 Å². The molecule has 0 heterocycles. The number of allylic oxidation sites excluding steroid dienone is 2. The van der Waals surface area contributed by atoms with Crippen molar-refractivity contribution in [2.24, 2.45) is 46.3 Å². The fourth-order valence-electron chi connectivity index (χ4n) is 8.84. The Balaban J connectivity index is 1.47. The molecule has 0 amide bonds. The van der Waals surface area contributed by atoms with Gasteiger partial charge in [0.1, 0.15) is 6.10 Å². The van der Waals surface area contributed by atoms with Crippen molar-refractivity contribution in [2.75, 3.05) is 0 Å². The van der Waals surface area contributed by atoms with Crippen LogP contribution in [-0.4, -0.2) is 12.1 Å². The maximum Gasteiger partial charge on any atom is 0.302 e. The Labute approximate surface area is 197 Å². The number of hydrogen-bond donors (Lipinski definition) is 0. The topological polar surface area (TPSA) is 26.3 Å². The maximum absolute atomic E-state index is 11.5. The lowest BCUT2D eigenvalue weighted by Gasteiger charge is -2.58. The molecule has 0 saturated heterocycles. The molecule has 0 aromatic rings. The van der Waals surface area contributed by atoms with Crippen LogP contribution in [0.25, 0.3) is 0 Å². The number of carbonyl (C=O) groups excluding carboxylic acids is 1. The van der Waals surface area contributed by atoms with Crippen LogP contribution in [0.5, 0.6) is 0 Å². The van der Waals surface area contributed by atoms with Crippen LogP contribution in [-0.2, 0) is 9.53 Å². The van der Waals surface area contributed by atoms with E-state index in [9.17, 15) is 4.79 Å². The van der Waals surface area contributed by atoms with Gasteiger partial charge in [0, 0.05) is 13.3 Å². The summed E-state index contributed by atoms with van der Waals surface area (Å²) in [6, 6.07) is 0. The van der Waals surface area contributed by atoms with Crippen LogP contribution in [0.15, 0.2) is 23.8 Å². The molecule has 180 valence electrons. The van der Waals surface area contributed by atoms with E-state index < -0.39 is 0 Å². The number of fused-ring (bicyclic) bond motifs is 5. The molecule has 4 aliphatic carbocycles. The quantitative estimate of drug-likeness (QED) is 0.308.